The van der Waals surface area contributed by atoms with Crippen LogP contribution in [0.1, 0.15) is 5.69 Å². The first-order valence-electron chi connectivity index (χ1n) is 4.98. The van der Waals surface area contributed by atoms with Gasteiger partial charge < -0.3 is 5.73 Å². The van der Waals surface area contributed by atoms with E-state index in [1.807, 2.05) is 0 Å². The molecule has 2 rings (SSSR count). The summed E-state index contributed by atoms with van der Waals surface area (Å²) in [5.74, 6) is 0. The molecule has 0 fully saturated rings. The summed E-state index contributed by atoms with van der Waals surface area (Å²) in [5.41, 5.74) is 7.08. The SMILES string of the molecule is Cc1[nH]ncc1S(=O)(=O)Nc1ccc(N)c(Br)c1. The second kappa shape index (κ2) is 4.62. The maximum absolute atomic E-state index is 12.1. The van der Waals surface area contributed by atoms with Gasteiger partial charge in [-0.25, -0.2) is 8.42 Å². The Hall–Kier alpha value is -1.54. The van der Waals surface area contributed by atoms with Crippen LogP contribution in [0.5, 0.6) is 0 Å². The first kappa shape index (κ1) is 12.9. The van der Waals surface area contributed by atoms with E-state index < -0.39 is 10.0 Å². The summed E-state index contributed by atoms with van der Waals surface area (Å²) in [7, 11) is -3.64. The number of hydrogen-bond donors (Lipinski definition) is 3. The van der Waals surface area contributed by atoms with Crippen molar-refractivity contribution >= 4 is 37.3 Å². The highest BCUT2D eigenvalue weighted by Crippen LogP contribution is 2.25. The lowest BCUT2D eigenvalue weighted by Gasteiger charge is -2.08. The summed E-state index contributed by atoms with van der Waals surface area (Å²) in [6, 6.07) is 4.81. The van der Waals surface area contributed by atoms with Crippen molar-refractivity contribution in [3.8, 4) is 0 Å². The molecule has 2 aromatic rings. The molecule has 0 aliphatic heterocycles. The molecule has 1 heterocycles. The zero-order valence-electron chi connectivity index (χ0n) is 9.44. The van der Waals surface area contributed by atoms with Crippen molar-refractivity contribution in [2.75, 3.05) is 10.5 Å². The third-order valence-corrected chi connectivity index (χ3v) is 4.51. The molecule has 0 saturated carbocycles. The van der Waals surface area contributed by atoms with Gasteiger partial charge in [-0.2, -0.15) is 5.10 Å². The van der Waals surface area contributed by atoms with Crippen LogP contribution in [-0.2, 0) is 10.0 Å². The minimum Gasteiger partial charge on any atom is -0.398 e. The van der Waals surface area contributed by atoms with Crippen LogP contribution in [0.2, 0.25) is 0 Å². The minimum absolute atomic E-state index is 0.121. The number of hydrogen-bond acceptors (Lipinski definition) is 4. The number of nitrogens with two attached hydrogens (primary N) is 1. The van der Waals surface area contributed by atoms with Gasteiger partial charge >= 0.3 is 0 Å². The molecule has 18 heavy (non-hydrogen) atoms. The highest BCUT2D eigenvalue weighted by atomic mass is 79.9. The van der Waals surface area contributed by atoms with Crippen molar-refractivity contribution in [3.05, 3.63) is 34.6 Å². The number of nitrogen functional groups attached to an aromatic ring is 1. The second-order valence-corrected chi connectivity index (χ2v) is 6.21. The lowest BCUT2D eigenvalue weighted by molar-refractivity contribution is 0.600. The second-order valence-electron chi connectivity index (χ2n) is 3.70. The van der Waals surface area contributed by atoms with Gasteiger partial charge in [-0.05, 0) is 41.1 Å². The number of aromatic amines is 1. The molecule has 0 aliphatic rings. The van der Waals surface area contributed by atoms with Crippen LogP contribution in [0.15, 0.2) is 33.8 Å². The van der Waals surface area contributed by atoms with E-state index >= 15 is 0 Å². The highest BCUT2D eigenvalue weighted by Gasteiger charge is 2.18. The molecule has 0 amide bonds. The molecule has 8 heteroatoms. The highest BCUT2D eigenvalue weighted by molar-refractivity contribution is 9.10. The molecular formula is C10H11BrN4O2S. The van der Waals surface area contributed by atoms with Gasteiger partial charge in [-0.3, -0.25) is 9.82 Å². The zero-order chi connectivity index (χ0) is 13.3. The molecule has 0 radical (unpaired) electrons. The van der Waals surface area contributed by atoms with Crippen LogP contribution >= 0.6 is 15.9 Å². The summed E-state index contributed by atoms with van der Waals surface area (Å²) in [4.78, 5) is 0.121. The van der Waals surface area contributed by atoms with E-state index in [-0.39, 0.29) is 4.90 Å². The fraction of sp³-hybridized carbons (Fsp3) is 0.100. The maximum atomic E-state index is 12.1. The van der Waals surface area contributed by atoms with Gasteiger partial charge in [0, 0.05) is 10.2 Å². The standard InChI is InChI=1S/C10H11BrN4O2S/c1-6-10(5-13-14-6)18(16,17)15-7-2-3-9(12)8(11)4-7/h2-5,15H,12H2,1H3,(H,13,14). The van der Waals surface area contributed by atoms with E-state index in [0.29, 0.717) is 21.5 Å². The van der Waals surface area contributed by atoms with Crippen molar-refractivity contribution in [1.29, 1.82) is 0 Å². The molecule has 0 saturated heterocycles. The number of nitrogens with zero attached hydrogens (tertiary/aromatic N) is 1. The average molecular weight is 331 g/mol. The number of halogens is 1. The number of H-pyrrole nitrogens is 1. The zero-order valence-corrected chi connectivity index (χ0v) is 11.8. The van der Waals surface area contributed by atoms with Gasteiger partial charge in [0.2, 0.25) is 0 Å². The third kappa shape index (κ3) is 2.49. The van der Waals surface area contributed by atoms with Crippen molar-refractivity contribution in [2.24, 2.45) is 0 Å². The molecule has 0 atom stereocenters. The van der Waals surface area contributed by atoms with Crippen molar-refractivity contribution in [1.82, 2.24) is 10.2 Å². The van der Waals surface area contributed by atoms with Crippen LogP contribution < -0.4 is 10.5 Å². The van der Waals surface area contributed by atoms with Crippen LogP contribution in [0.4, 0.5) is 11.4 Å². The Balaban J connectivity index is 2.34. The summed E-state index contributed by atoms with van der Waals surface area (Å²) < 4.78 is 27.2. The Morgan fingerprint density at radius 2 is 2.17 bits per heavy atom. The Morgan fingerprint density at radius 3 is 2.72 bits per heavy atom. The smallest absolute Gasteiger partial charge is 0.265 e. The summed E-state index contributed by atoms with van der Waals surface area (Å²) in [6.45, 7) is 1.64. The lowest BCUT2D eigenvalue weighted by Crippen LogP contribution is -2.13. The van der Waals surface area contributed by atoms with Crippen molar-refractivity contribution in [3.63, 3.8) is 0 Å². The number of nitrogens with one attached hydrogen (secondary N) is 2. The molecule has 1 aromatic carbocycles. The Labute approximate surface area is 113 Å². The minimum atomic E-state index is -3.64. The molecule has 1 aromatic heterocycles. The van der Waals surface area contributed by atoms with Crippen LogP contribution in [-0.4, -0.2) is 18.6 Å². The first-order chi connectivity index (χ1) is 8.40. The van der Waals surface area contributed by atoms with E-state index in [1.54, 1.807) is 25.1 Å². The third-order valence-electron chi connectivity index (χ3n) is 2.33. The number of anilines is 2. The summed E-state index contributed by atoms with van der Waals surface area (Å²) >= 11 is 3.24. The fourth-order valence-electron chi connectivity index (χ4n) is 1.41. The summed E-state index contributed by atoms with van der Waals surface area (Å²) in [5, 5.41) is 6.27. The molecule has 4 N–H and O–H groups in total. The van der Waals surface area contributed by atoms with Gasteiger partial charge in [0.05, 0.1) is 17.6 Å². The van der Waals surface area contributed by atoms with Crippen LogP contribution in [0, 0.1) is 6.92 Å². The Kier molecular flexibility index (Phi) is 3.31. The number of sulfonamides is 1. The topological polar surface area (TPSA) is 101 Å². The van der Waals surface area contributed by atoms with Gasteiger partial charge in [-0.15, -0.1) is 0 Å². The fourth-order valence-corrected chi connectivity index (χ4v) is 2.98. The summed E-state index contributed by atoms with van der Waals surface area (Å²) in [6.07, 6.45) is 1.27. The van der Waals surface area contributed by atoms with Crippen molar-refractivity contribution in [2.45, 2.75) is 11.8 Å². The number of benzene rings is 1. The molecule has 0 bridgehead atoms. The van der Waals surface area contributed by atoms with Crippen LogP contribution in [0.3, 0.4) is 0 Å². The molecule has 96 valence electrons. The molecular weight excluding hydrogens is 320 g/mol. The normalized spacial score (nSPS) is 11.4. The molecule has 0 aliphatic carbocycles. The first-order valence-corrected chi connectivity index (χ1v) is 7.25. The van der Waals surface area contributed by atoms with Gasteiger partial charge in [-0.1, -0.05) is 0 Å². The van der Waals surface area contributed by atoms with Crippen molar-refractivity contribution < 1.29 is 8.42 Å². The van der Waals surface area contributed by atoms with E-state index in [9.17, 15) is 8.42 Å². The van der Waals surface area contributed by atoms with Gasteiger partial charge in [0.25, 0.3) is 10.0 Å². The Bertz CT molecular complexity index is 681. The predicted molar refractivity (Wildman–Crippen MR) is 72.7 cm³/mol. The lowest BCUT2D eigenvalue weighted by atomic mass is 10.3. The Morgan fingerprint density at radius 1 is 1.44 bits per heavy atom. The molecule has 0 spiro atoms. The molecule has 0 unspecified atom stereocenters. The van der Waals surface area contributed by atoms with E-state index in [2.05, 4.69) is 30.8 Å². The number of aryl methyl sites for hydroxylation is 1. The number of rotatable bonds is 3. The monoisotopic (exact) mass is 330 g/mol. The quantitative estimate of drug-likeness (QED) is 0.747. The van der Waals surface area contributed by atoms with E-state index in [4.69, 9.17) is 5.73 Å². The largest absolute Gasteiger partial charge is 0.398 e. The van der Waals surface area contributed by atoms with Gasteiger partial charge in [0.15, 0.2) is 0 Å². The maximum Gasteiger partial charge on any atom is 0.265 e. The number of aromatic nitrogens is 2. The molecule has 6 nitrogen and oxygen atoms in total. The predicted octanol–water partition coefficient (Wildman–Crippen LogP) is 1.86. The van der Waals surface area contributed by atoms with E-state index in [0.717, 1.165) is 0 Å². The average Bonchev–Trinajstić information content (AvgIpc) is 2.70. The van der Waals surface area contributed by atoms with Crippen LogP contribution in [0.25, 0.3) is 0 Å². The van der Waals surface area contributed by atoms with Gasteiger partial charge in [0.1, 0.15) is 4.90 Å². The van der Waals surface area contributed by atoms with E-state index in [1.165, 1.54) is 6.20 Å².